The number of aromatic nitrogens is 1. The second-order valence-electron chi connectivity index (χ2n) is 5.41. The summed E-state index contributed by atoms with van der Waals surface area (Å²) >= 11 is 3.46. The number of hydrogen-bond acceptors (Lipinski definition) is 3. The van der Waals surface area contributed by atoms with E-state index in [1.807, 2.05) is 42.6 Å². The van der Waals surface area contributed by atoms with Crippen LogP contribution in [0, 0.1) is 0 Å². The van der Waals surface area contributed by atoms with Crippen LogP contribution in [0.1, 0.15) is 18.4 Å². The van der Waals surface area contributed by atoms with Crippen LogP contribution in [-0.4, -0.2) is 24.0 Å². The highest BCUT2D eigenvalue weighted by Crippen LogP contribution is 2.20. The van der Waals surface area contributed by atoms with E-state index in [0.717, 1.165) is 28.8 Å². The summed E-state index contributed by atoms with van der Waals surface area (Å²) in [6, 6.07) is 11.6. The van der Waals surface area contributed by atoms with Gasteiger partial charge in [-0.3, -0.25) is 4.79 Å². The first-order valence-electron chi connectivity index (χ1n) is 7.46. The van der Waals surface area contributed by atoms with Gasteiger partial charge in [0.2, 0.25) is 5.91 Å². The summed E-state index contributed by atoms with van der Waals surface area (Å²) < 4.78 is 0.947. The third kappa shape index (κ3) is 3.65. The SMILES string of the molecule is O=C(Cc1ccccc1Br)Nc1ccc(N2CCCC2)cn1. The van der Waals surface area contributed by atoms with Crippen molar-refractivity contribution in [2.75, 3.05) is 23.3 Å². The fourth-order valence-electron chi connectivity index (χ4n) is 2.62. The number of amides is 1. The third-order valence-electron chi connectivity index (χ3n) is 3.80. The van der Waals surface area contributed by atoms with Crippen molar-refractivity contribution in [1.29, 1.82) is 0 Å². The molecule has 22 heavy (non-hydrogen) atoms. The molecule has 1 N–H and O–H groups in total. The first kappa shape index (κ1) is 15.0. The lowest BCUT2D eigenvalue weighted by molar-refractivity contribution is -0.115. The van der Waals surface area contributed by atoms with E-state index in [1.54, 1.807) is 0 Å². The summed E-state index contributed by atoms with van der Waals surface area (Å²) in [6.07, 6.45) is 4.64. The quantitative estimate of drug-likeness (QED) is 0.906. The van der Waals surface area contributed by atoms with E-state index in [9.17, 15) is 4.79 Å². The lowest BCUT2D eigenvalue weighted by atomic mass is 10.1. The lowest BCUT2D eigenvalue weighted by Crippen LogP contribution is -2.18. The Kier molecular flexibility index (Phi) is 4.73. The number of pyridine rings is 1. The Morgan fingerprint density at radius 1 is 1.18 bits per heavy atom. The molecule has 1 aromatic heterocycles. The van der Waals surface area contributed by atoms with Crippen LogP contribution in [0.5, 0.6) is 0 Å². The third-order valence-corrected chi connectivity index (χ3v) is 4.57. The minimum Gasteiger partial charge on any atom is -0.370 e. The highest BCUT2D eigenvalue weighted by molar-refractivity contribution is 9.10. The molecule has 0 bridgehead atoms. The predicted molar refractivity (Wildman–Crippen MR) is 92.2 cm³/mol. The van der Waals surface area contributed by atoms with Gasteiger partial charge >= 0.3 is 0 Å². The average molecular weight is 360 g/mol. The summed E-state index contributed by atoms with van der Waals surface area (Å²) in [5.74, 6) is 0.535. The van der Waals surface area contributed by atoms with E-state index < -0.39 is 0 Å². The van der Waals surface area contributed by atoms with Crippen molar-refractivity contribution in [3.63, 3.8) is 0 Å². The molecule has 0 unspecified atom stereocenters. The molecule has 3 rings (SSSR count). The molecule has 0 saturated carbocycles. The minimum atomic E-state index is -0.0617. The van der Waals surface area contributed by atoms with Gasteiger partial charge in [0.1, 0.15) is 5.82 Å². The maximum Gasteiger partial charge on any atom is 0.229 e. The van der Waals surface area contributed by atoms with E-state index >= 15 is 0 Å². The summed E-state index contributed by atoms with van der Waals surface area (Å²) in [6.45, 7) is 2.19. The Balaban J connectivity index is 1.60. The van der Waals surface area contributed by atoms with Gasteiger partial charge in [0.25, 0.3) is 0 Å². The number of carbonyl (C=O) groups is 1. The van der Waals surface area contributed by atoms with Gasteiger partial charge in [0.05, 0.1) is 18.3 Å². The molecule has 1 aromatic carbocycles. The zero-order valence-corrected chi connectivity index (χ0v) is 13.8. The van der Waals surface area contributed by atoms with Crippen LogP contribution in [0.4, 0.5) is 11.5 Å². The molecule has 5 heteroatoms. The molecule has 4 nitrogen and oxygen atoms in total. The fraction of sp³-hybridized carbons (Fsp3) is 0.294. The Morgan fingerprint density at radius 2 is 1.95 bits per heavy atom. The lowest BCUT2D eigenvalue weighted by Gasteiger charge is -2.17. The van der Waals surface area contributed by atoms with E-state index in [0.29, 0.717) is 12.2 Å². The molecule has 1 saturated heterocycles. The normalized spacial score (nSPS) is 14.1. The number of carbonyl (C=O) groups excluding carboxylic acids is 1. The monoisotopic (exact) mass is 359 g/mol. The second-order valence-corrected chi connectivity index (χ2v) is 6.27. The van der Waals surface area contributed by atoms with Gasteiger partial charge in [-0.15, -0.1) is 0 Å². The highest BCUT2D eigenvalue weighted by Gasteiger charge is 2.13. The molecular formula is C17H18BrN3O. The van der Waals surface area contributed by atoms with Crippen molar-refractivity contribution in [3.8, 4) is 0 Å². The van der Waals surface area contributed by atoms with Gasteiger partial charge in [-0.05, 0) is 36.6 Å². The zero-order chi connectivity index (χ0) is 15.4. The van der Waals surface area contributed by atoms with Crippen LogP contribution in [0.25, 0.3) is 0 Å². The van der Waals surface area contributed by atoms with E-state index in [1.165, 1.54) is 12.8 Å². The van der Waals surface area contributed by atoms with E-state index in [2.05, 4.69) is 31.1 Å². The first-order valence-corrected chi connectivity index (χ1v) is 8.26. The van der Waals surface area contributed by atoms with Gasteiger partial charge in [0, 0.05) is 17.6 Å². The van der Waals surface area contributed by atoms with E-state index in [-0.39, 0.29) is 5.91 Å². The van der Waals surface area contributed by atoms with Crippen LogP contribution in [0.3, 0.4) is 0 Å². The molecule has 114 valence electrons. The number of halogens is 1. The van der Waals surface area contributed by atoms with Gasteiger partial charge < -0.3 is 10.2 Å². The van der Waals surface area contributed by atoms with E-state index in [4.69, 9.17) is 0 Å². The number of nitrogens with zero attached hydrogens (tertiary/aromatic N) is 2. The average Bonchev–Trinajstić information content (AvgIpc) is 3.05. The molecule has 2 heterocycles. The van der Waals surface area contributed by atoms with Crippen LogP contribution >= 0.6 is 15.9 Å². The molecule has 1 aliphatic rings. The second kappa shape index (κ2) is 6.92. The van der Waals surface area contributed by atoms with Gasteiger partial charge in [-0.2, -0.15) is 0 Å². The van der Waals surface area contributed by atoms with Gasteiger partial charge in [-0.1, -0.05) is 34.1 Å². The Labute approximate surface area is 138 Å². The van der Waals surface area contributed by atoms with Crippen LogP contribution in [-0.2, 0) is 11.2 Å². The van der Waals surface area contributed by atoms with Crippen molar-refractivity contribution in [2.45, 2.75) is 19.3 Å². The summed E-state index contributed by atoms with van der Waals surface area (Å²) in [4.78, 5) is 18.8. The van der Waals surface area contributed by atoms with Crippen LogP contribution in [0.15, 0.2) is 47.1 Å². The maximum absolute atomic E-state index is 12.1. The van der Waals surface area contributed by atoms with Crippen molar-refractivity contribution in [2.24, 2.45) is 0 Å². The van der Waals surface area contributed by atoms with Gasteiger partial charge in [0.15, 0.2) is 0 Å². The van der Waals surface area contributed by atoms with Crippen LogP contribution in [0.2, 0.25) is 0 Å². The Morgan fingerprint density at radius 3 is 2.64 bits per heavy atom. The Bertz CT molecular complexity index is 651. The summed E-state index contributed by atoms with van der Waals surface area (Å²) in [5, 5.41) is 2.85. The molecule has 0 radical (unpaired) electrons. The molecule has 0 atom stereocenters. The minimum absolute atomic E-state index is 0.0617. The number of anilines is 2. The highest BCUT2D eigenvalue weighted by atomic mass is 79.9. The molecule has 2 aromatic rings. The molecule has 0 spiro atoms. The van der Waals surface area contributed by atoms with Crippen molar-refractivity contribution in [3.05, 3.63) is 52.6 Å². The maximum atomic E-state index is 12.1. The molecule has 1 fully saturated rings. The molecule has 1 aliphatic heterocycles. The van der Waals surface area contributed by atoms with Crippen molar-refractivity contribution >= 4 is 33.3 Å². The molecule has 0 aliphatic carbocycles. The summed E-state index contributed by atoms with van der Waals surface area (Å²) in [5.41, 5.74) is 2.09. The smallest absolute Gasteiger partial charge is 0.229 e. The van der Waals surface area contributed by atoms with Crippen LogP contribution < -0.4 is 10.2 Å². The number of hydrogen-bond donors (Lipinski definition) is 1. The Hall–Kier alpha value is -1.88. The molecule has 1 amide bonds. The largest absolute Gasteiger partial charge is 0.370 e. The zero-order valence-electron chi connectivity index (χ0n) is 12.3. The topological polar surface area (TPSA) is 45.2 Å². The van der Waals surface area contributed by atoms with Crippen molar-refractivity contribution in [1.82, 2.24) is 4.98 Å². The fourth-order valence-corrected chi connectivity index (χ4v) is 3.05. The predicted octanol–water partition coefficient (Wildman–Crippen LogP) is 3.63. The van der Waals surface area contributed by atoms with Crippen molar-refractivity contribution < 1.29 is 4.79 Å². The number of benzene rings is 1. The number of nitrogens with one attached hydrogen (secondary N) is 1. The van der Waals surface area contributed by atoms with Gasteiger partial charge in [-0.25, -0.2) is 4.98 Å². The standard InChI is InChI=1S/C17H18BrN3O/c18-15-6-2-1-5-13(15)11-17(22)20-16-8-7-14(12-19-16)21-9-3-4-10-21/h1-2,5-8,12H,3-4,9-11H2,(H,19,20,22). The molecular weight excluding hydrogens is 342 g/mol. The number of rotatable bonds is 4. The summed E-state index contributed by atoms with van der Waals surface area (Å²) in [7, 11) is 0. The first-order chi connectivity index (χ1) is 10.7.